The van der Waals surface area contributed by atoms with Crippen LogP contribution in [0.2, 0.25) is 0 Å². The maximum absolute atomic E-state index is 6.29. The van der Waals surface area contributed by atoms with E-state index in [9.17, 15) is 0 Å². The predicted octanol–water partition coefficient (Wildman–Crippen LogP) is 3.36. The number of pyridine rings is 1. The van der Waals surface area contributed by atoms with E-state index in [2.05, 4.69) is 16.4 Å². The van der Waals surface area contributed by atoms with Gasteiger partial charge in [0, 0.05) is 28.7 Å². The third-order valence-corrected chi connectivity index (χ3v) is 3.89. The van der Waals surface area contributed by atoms with Gasteiger partial charge < -0.3 is 15.8 Å². The van der Waals surface area contributed by atoms with Gasteiger partial charge in [0.15, 0.2) is 0 Å². The Kier molecular flexibility index (Phi) is 2.67. The first-order chi connectivity index (χ1) is 10.3. The second-order valence-corrected chi connectivity index (χ2v) is 5.17. The molecule has 4 rings (SSSR count). The van der Waals surface area contributed by atoms with Crippen molar-refractivity contribution in [1.29, 1.82) is 0 Å². The lowest BCUT2D eigenvalue weighted by Gasteiger charge is -2.16. The Balaban J connectivity index is 1.71. The first-order valence-corrected chi connectivity index (χ1v) is 6.93. The van der Waals surface area contributed by atoms with Crippen molar-refractivity contribution < 1.29 is 4.74 Å². The molecule has 3 aromatic rings. The fourth-order valence-corrected chi connectivity index (χ4v) is 2.79. The number of nitrogens with one attached hydrogen (secondary N) is 1. The van der Waals surface area contributed by atoms with Crippen LogP contribution < -0.4 is 15.8 Å². The van der Waals surface area contributed by atoms with Crippen molar-refractivity contribution in [2.45, 2.75) is 6.04 Å². The van der Waals surface area contributed by atoms with E-state index in [-0.39, 0.29) is 6.04 Å². The molecule has 4 heteroatoms. The van der Waals surface area contributed by atoms with E-state index in [1.807, 2.05) is 42.6 Å². The number of benzene rings is 2. The minimum atomic E-state index is 0.128. The molecule has 1 aliphatic rings. The van der Waals surface area contributed by atoms with Crippen LogP contribution in [0.5, 0.6) is 5.75 Å². The maximum atomic E-state index is 6.29. The fourth-order valence-electron chi connectivity index (χ4n) is 2.79. The van der Waals surface area contributed by atoms with Gasteiger partial charge in [0.1, 0.15) is 12.4 Å². The van der Waals surface area contributed by atoms with Crippen molar-refractivity contribution in [2.75, 3.05) is 17.7 Å². The van der Waals surface area contributed by atoms with Gasteiger partial charge in [-0.1, -0.05) is 24.3 Å². The Bertz CT molecular complexity index is 816. The summed E-state index contributed by atoms with van der Waals surface area (Å²) in [4.78, 5) is 4.12. The summed E-state index contributed by atoms with van der Waals surface area (Å²) in [6.45, 7) is 0.618. The Labute approximate surface area is 122 Å². The molecule has 1 unspecified atom stereocenters. The van der Waals surface area contributed by atoms with Gasteiger partial charge in [-0.15, -0.1) is 0 Å². The Morgan fingerprint density at radius 2 is 2.05 bits per heavy atom. The number of rotatable bonds is 2. The van der Waals surface area contributed by atoms with Crippen LogP contribution in [0, 0.1) is 0 Å². The maximum Gasteiger partial charge on any atom is 0.124 e. The normalized spacial score (nSPS) is 16.5. The van der Waals surface area contributed by atoms with Crippen LogP contribution in [0.25, 0.3) is 10.8 Å². The molecule has 4 nitrogen and oxygen atoms in total. The van der Waals surface area contributed by atoms with Crippen LogP contribution in [-0.4, -0.2) is 11.6 Å². The highest BCUT2D eigenvalue weighted by molar-refractivity contribution is 5.98. The van der Waals surface area contributed by atoms with Crippen molar-refractivity contribution in [3.63, 3.8) is 0 Å². The summed E-state index contributed by atoms with van der Waals surface area (Å²) >= 11 is 0. The Morgan fingerprint density at radius 1 is 1.14 bits per heavy atom. The molecule has 3 N–H and O–H groups in total. The number of fused-ring (bicyclic) bond motifs is 2. The van der Waals surface area contributed by atoms with Crippen LogP contribution in [0.15, 0.2) is 54.9 Å². The number of para-hydroxylation sites is 1. The SMILES string of the molecule is Nc1c(NC2COc3ccccc32)ccc2cnccc12. The molecule has 0 saturated heterocycles. The molecule has 0 amide bonds. The summed E-state index contributed by atoms with van der Waals surface area (Å²) in [6, 6.07) is 14.2. The van der Waals surface area contributed by atoms with Crippen molar-refractivity contribution >= 4 is 22.1 Å². The van der Waals surface area contributed by atoms with E-state index in [0.717, 1.165) is 27.9 Å². The third-order valence-electron chi connectivity index (χ3n) is 3.89. The van der Waals surface area contributed by atoms with Crippen LogP contribution >= 0.6 is 0 Å². The lowest BCUT2D eigenvalue weighted by molar-refractivity contribution is 0.340. The molecule has 104 valence electrons. The van der Waals surface area contributed by atoms with E-state index < -0.39 is 0 Å². The van der Waals surface area contributed by atoms with Gasteiger partial charge in [0.05, 0.1) is 17.4 Å². The lowest BCUT2D eigenvalue weighted by Crippen LogP contribution is -2.13. The second-order valence-electron chi connectivity index (χ2n) is 5.17. The molecule has 2 heterocycles. The summed E-state index contributed by atoms with van der Waals surface area (Å²) in [5.74, 6) is 0.943. The first-order valence-electron chi connectivity index (χ1n) is 6.93. The number of nitrogens with two attached hydrogens (primary N) is 1. The summed E-state index contributed by atoms with van der Waals surface area (Å²) in [5.41, 5.74) is 9.14. The standard InChI is InChI=1S/C17H15N3O/c18-17-12-7-8-19-9-11(12)5-6-14(17)20-15-10-21-16-4-2-1-3-13(15)16/h1-9,15,20H,10,18H2. The molecule has 21 heavy (non-hydrogen) atoms. The molecule has 1 aromatic heterocycles. The van der Waals surface area contributed by atoms with E-state index in [0.29, 0.717) is 6.61 Å². The summed E-state index contributed by atoms with van der Waals surface area (Å²) in [7, 11) is 0. The molecule has 0 radical (unpaired) electrons. The molecular weight excluding hydrogens is 262 g/mol. The lowest BCUT2D eigenvalue weighted by atomic mass is 10.1. The Morgan fingerprint density at radius 3 is 3.00 bits per heavy atom. The van der Waals surface area contributed by atoms with Gasteiger partial charge in [-0.05, 0) is 18.2 Å². The zero-order chi connectivity index (χ0) is 14.2. The highest BCUT2D eigenvalue weighted by Crippen LogP contribution is 2.36. The minimum Gasteiger partial charge on any atom is -0.491 e. The summed E-state index contributed by atoms with van der Waals surface area (Å²) < 4.78 is 5.70. The molecular formula is C17H15N3O. The summed E-state index contributed by atoms with van der Waals surface area (Å²) in [5, 5.41) is 5.55. The van der Waals surface area contributed by atoms with E-state index >= 15 is 0 Å². The van der Waals surface area contributed by atoms with Gasteiger partial charge in [-0.25, -0.2) is 0 Å². The van der Waals surface area contributed by atoms with Crippen molar-refractivity contribution in [3.8, 4) is 5.75 Å². The van der Waals surface area contributed by atoms with Crippen molar-refractivity contribution in [1.82, 2.24) is 4.98 Å². The van der Waals surface area contributed by atoms with E-state index in [4.69, 9.17) is 10.5 Å². The van der Waals surface area contributed by atoms with Gasteiger partial charge in [-0.2, -0.15) is 0 Å². The smallest absolute Gasteiger partial charge is 0.124 e. The minimum absolute atomic E-state index is 0.128. The van der Waals surface area contributed by atoms with Gasteiger partial charge in [-0.3, -0.25) is 4.98 Å². The van der Waals surface area contributed by atoms with Gasteiger partial charge in [0.2, 0.25) is 0 Å². The molecule has 0 saturated carbocycles. The largest absolute Gasteiger partial charge is 0.491 e. The molecule has 0 spiro atoms. The average molecular weight is 277 g/mol. The monoisotopic (exact) mass is 277 g/mol. The number of nitrogens with zero attached hydrogens (tertiary/aromatic N) is 1. The zero-order valence-corrected chi connectivity index (χ0v) is 11.4. The highest BCUT2D eigenvalue weighted by atomic mass is 16.5. The molecule has 1 aliphatic heterocycles. The quantitative estimate of drug-likeness (QED) is 0.705. The predicted molar refractivity (Wildman–Crippen MR) is 84.5 cm³/mol. The molecule has 2 aromatic carbocycles. The first kappa shape index (κ1) is 12.0. The van der Waals surface area contributed by atoms with Crippen LogP contribution in [-0.2, 0) is 0 Å². The Hall–Kier alpha value is -2.75. The molecule has 1 atom stereocenters. The van der Waals surface area contributed by atoms with Crippen molar-refractivity contribution in [3.05, 3.63) is 60.4 Å². The second kappa shape index (κ2) is 4.66. The average Bonchev–Trinajstić information content (AvgIpc) is 2.94. The number of hydrogen-bond acceptors (Lipinski definition) is 4. The van der Waals surface area contributed by atoms with E-state index in [1.165, 1.54) is 5.56 Å². The topological polar surface area (TPSA) is 60.2 Å². The highest BCUT2D eigenvalue weighted by Gasteiger charge is 2.24. The molecule has 0 aliphatic carbocycles. The number of aromatic nitrogens is 1. The van der Waals surface area contributed by atoms with Gasteiger partial charge in [0.25, 0.3) is 0 Å². The number of hydrogen-bond donors (Lipinski definition) is 2. The number of nitrogen functional groups attached to an aromatic ring is 1. The third kappa shape index (κ3) is 1.96. The number of ether oxygens (including phenoxy) is 1. The summed E-state index contributed by atoms with van der Waals surface area (Å²) in [6.07, 6.45) is 3.58. The molecule has 0 bridgehead atoms. The van der Waals surface area contributed by atoms with Crippen LogP contribution in [0.1, 0.15) is 11.6 Å². The van der Waals surface area contributed by atoms with Crippen LogP contribution in [0.3, 0.4) is 0 Å². The number of anilines is 2. The zero-order valence-electron chi connectivity index (χ0n) is 11.4. The van der Waals surface area contributed by atoms with Gasteiger partial charge >= 0.3 is 0 Å². The fraction of sp³-hybridized carbons (Fsp3) is 0.118. The van der Waals surface area contributed by atoms with Crippen molar-refractivity contribution in [2.24, 2.45) is 0 Å². The van der Waals surface area contributed by atoms with E-state index in [1.54, 1.807) is 6.20 Å². The van der Waals surface area contributed by atoms with Crippen LogP contribution in [0.4, 0.5) is 11.4 Å². The molecule has 0 fully saturated rings.